The monoisotopic (exact) mass is 613 g/mol. The van der Waals surface area contributed by atoms with E-state index in [1.807, 2.05) is 0 Å². The average Bonchev–Trinajstić information content (AvgIpc) is 3.42. The summed E-state index contributed by atoms with van der Waals surface area (Å²) in [4.78, 5) is 35.6. The molecule has 14 heteroatoms. The van der Waals surface area contributed by atoms with E-state index in [4.69, 9.17) is 21.1 Å². The van der Waals surface area contributed by atoms with E-state index in [-0.39, 0.29) is 22.7 Å². The van der Waals surface area contributed by atoms with Crippen LogP contribution < -0.4 is 20.9 Å². The van der Waals surface area contributed by atoms with E-state index in [9.17, 15) is 19.1 Å². The van der Waals surface area contributed by atoms with Crippen LogP contribution in [0.25, 0.3) is 16.8 Å². The normalized spacial score (nSPS) is 17.8. The fourth-order valence-corrected chi connectivity index (χ4v) is 5.26. The fourth-order valence-electron chi connectivity index (χ4n) is 5.06. The molecule has 3 atom stereocenters. The number of hydrogen-bond donors (Lipinski definition) is 3. The van der Waals surface area contributed by atoms with Crippen LogP contribution >= 0.6 is 11.6 Å². The highest BCUT2D eigenvalue weighted by molar-refractivity contribution is 6.32. The van der Waals surface area contributed by atoms with E-state index in [0.29, 0.717) is 41.0 Å². The summed E-state index contributed by atoms with van der Waals surface area (Å²) >= 11 is 6.47. The van der Waals surface area contributed by atoms with Gasteiger partial charge in [-0.15, -0.1) is 0 Å². The number of nitrogens with one attached hydrogen (secondary N) is 2. The molecule has 1 amide bonds. The molecule has 0 spiro atoms. The Balaban J connectivity index is 1.39. The third-order valence-electron chi connectivity index (χ3n) is 7.67. The SMILES string of the molecule is COc1cc(F)cc([C@@H](CO)NC(=O)[C@@H](C)n2cnn3cc(-c4nc(N[C@@H]5CCOCC5(C)C)ncc4Cl)cc3c2=O)c1. The van der Waals surface area contributed by atoms with Gasteiger partial charge in [0, 0.05) is 35.9 Å². The highest BCUT2D eigenvalue weighted by atomic mass is 35.5. The summed E-state index contributed by atoms with van der Waals surface area (Å²) in [6, 6.07) is 3.66. The third-order valence-corrected chi connectivity index (χ3v) is 7.95. The topological polar surface area (TPSA) is 145 Å². The number of anilines is 1. The molecule has 43 heavy (non-hydrogen) atoms. The number of halogens is 2. The van der Waals surface area contributed by atoms with Crippen molar-refractivity contribution >= 4 is 29.0 Å². The Hall–Kier alpha value is -4.07. The first-order valence-electron chi connectivity index (χ1n) is 13.7. The van der Waals surface area contributed by atoms with Gasteiger partial charge in [0.2, 0.25) is 11.9 Å². The number of aliphatic hydroxyl groups is 1. The van der Waals surface area contributed by atoms with E-state index >= 15 is 0 Å². The molecule has 12 nitrogen and oxygen atoms in total. The molecule has 4 heterocycles. The molecule has 0 unspecified atom stereocenters. The van der Waals surface area contributed by atoms with Crippen molar-refractivity contribution in [2.45, 2.75) is 45.3 Å². The van der Waals surface area contributed by atoms with Crippen LogP contribution in [0.1, 0.15) is 44.8 Å². The summed E-state index contributed by atoms with van der Waals surface area (Å²) in [7, 11) is 1.39. The highest BCUT2D eigenvalue weighted by Crippen LogP contribution is 2.32. The Kier molecular flexibility index (Phi) is 8.67. The quantitative estimate of drug-likeness (QED) is 0.259. The molecule has 0 saturated carbocycles. The molecule has 3 aromatic heterocycles. The number of nitrogens with zero attached hydrogens (tertiary/aromatic N) is 5. The van der Waals surface area contributed by atoms with Crippen LogP contribution in [0.2, 0.25) is 5.02 Å². The smallest absolute Gasteiger partial charge is 0.278 e. The van der Waals surface area contributed by atoms with E-state index in [1.165, 1.54) is 53.8 Å². The molecule has 0 radical (unpaired) electrons. The van der Waals surface area contributed by atoms with Crippen LogP contribution in [0.4, 0.5) is 10.3 Å². The number of aromatic nitrogens is 5. The Labute approximate surface area is 251 Å². The number of methoxy groups -OCH3 is 1. The maximum absolute atomic E-state index is 14.0. The molecular formula is C29H33ClFN7O5. The first-order chi connectivity index (χ1) is 20.5. The van der Waals surface area contributed by atoms with Gasteiger partial charge >= 0.3 is 0 Å². The summed E-state index contributed by atoms with van der Waals surface area (Å²) < 4.78 is 27.3. The van der Waals surface area contributed by atoms with Crippen LogP contribution in [0, 0.1) is 11.2 Å². The van der Waals surface area contributed by atoms with Crippen molar-refractivity contribution in [3.05, 3.63) is 69.7 Å². The predicted octanol–water partition coefficient (Wildman–Crippen LogP) is 3.39. The van der Waals surface area contributed by atoms with Gasteiger partial charge < -0.3 is 25.2 Å². The van der Waals surface area contributed by atoms with Crippen molar-refractivity contribution < 1.29 is 23.8 Å². The lowest BCUT2D eigenvalue weighted by molar-refractivity contribution is -0.125. The van der Waals surface area contributed by atoms with Gasteiger partial charge in [-0.1, -0.05) is 25.4 Å². The molecular weight excluding hydrogens is 581 g/mol. The number of rotatable bonds is 9. The number of carbonyl (C=O) groups excluding carboxylic acids is 1. The number of carbonyl (C=O) groups is 1. The molecule has 1 fully saturated rings. The highest BCUT2D eigenvalue weighted by Gasteiger charge is 2.33. The minimum atomic E-state index is -1.01. The Morgan fingerprint density at radius 1 is 1.33 bits per heavy atom. The lowest BCUT2D eigenvalue weighted by atomic mass is 9.82. The van der Waals surface area contributed by atoms with Crippen LogP contribution in [0.3, 0.4) is 0 Å². The van der Waals surface area contributed by atoms with Crippen molar-refractivity contribution in [1.29, 1.82) is 0 Å². The molecule has 1 aromatic carbocycles. The van der Waals surface area contributed by atoms with Crippen molar-refractivity contribution in [2.24, 2.45) is 5.41 Å². The van der Waals surface area contributed by atoms with E-state index in [1.54, 1.807) is 12.3 Å². The molecule has 5 rings (SSSR count). The third kappa shape index (κ3) is 6.33. The molecule has 4 aromatic rings. The summed E-state index contributed by atoms with van der Waals surface area (Å²) in [5.74, 6) is -0.513. The number of benzene rings is 1. The molecule has 0 bridgehead atoms. The van der Waals surface area contributed by atoms with Gasteiger partial charge in [-0.05, 0) is 37.1 Å². The number of ether oxygens (including phenoxy) is 2. The van der Waals surface area contributed by atoms with Crippen molar-refractivity contribution in [2.75, 3.05) is 32.2 Å². The van der Waals surface area contributed by atoms with Gasteiger partial charge in [0.25, 0.3) is 5.56 Å². The summed E-state index contributed by atoms with van der Waals surface area (Å²) in [6.45, 7) is 6.51. The Morgan fingerprint density at radius 3 is 2.84 bits per heavy atom. The van der Waals surface area contributed by atoms with E-state index in [0.717, 1.165) is 6.42 Å². The number of hydrogen-bond acceptors (Lipinski definition) is 9. The second kappa shape index (κ2) is 12.3. The first-order valence-corrected chi connectivity index (χ1v) is 14.1. The van der Waals surface area contributed by atoms with Gasteiger partial charge in [0.15, 0.2) is 0 Å². The molecule has 0 aliphatic carbocycles. The predicted molar refractivity (Wildman–Crippen MR) is 158 cm³/mol. The number of aliphatic hydroxyl groups excluding tert-OH is 1. The minimum absolute atomic E-state index is 0.0956. The maximum Gasteiger partial charge on any atom is 0.278 e. The molecule has 1 saturated heterocycles. The second-order valence-electron chi connectivity index (χ2n) is 11.2. The van der Waals surface area contributed by atoms with E-state index < -0.39 is 36.0 Å². The molecule has 3 N–H and O–H groups in total. The fraction of sp³-hybridized carbons (Fsp3) is 0.414. The molecule has 228 valence electrons. The Bertz CT molecular complexity index is 1710. The zero-order chi connectivity index (χ0) is 30.9. The second-order valence-corrected chi connectivity index (χ2v) is 11.6. The van der Waals surface area contributed by atoms with Crippen LogP contribution in [-0.2, 0) is 9.53 Å². The number of amides is 1. The Morgan fingerprint density at radius 2 is 2.12 bits per heavy atom. The summed E-state index contributed by atoms with van der Waals surface area (Å²) in [5, 5.41) is 20.6. The zero-order valence-electron chi connectivity index (χ0n) is 24.2. The summed E-state index contributed by atoms with van der Waals surface area (Å²) in [5.41, 5.74) is 0.868. The lowest BCUT2D eigenvalue weighted by Crippen LogP contribution is -2.44. The van der Waals surface area contributed by atoms with Gasteiger partial charge in [-0.3, -0.25) is 14.2 Å². The maximum atomic E-state index is 14.0. The van der Waals surface area contributed by atoms with E-state index in [2.05, 4.69) is 39.5 Å². The van der Waals surface area contributed by atoms with Crippen molar-refractivity contribution in [3.8, 4) is 17.0 Å². The van der Waals surface area contributed by atoms with Crippen molar-refractivity contribution in [1.82, 2.24) is 29.5 Å². The van der Waals surface area contributed by atoms with Gasteiger partial charge in [-0.2, -0.15) is 5.10 Å². The van der Waals surface area contributed by atoms with Crippen LogP contribution in [0.15, 0.2) is 47.8 Å². The molecule has 1 aliphatic heterocycles. The lowest BCUT2D eigenvalue weighted by Gasteiger charge is -2.38. The van der Waals surface area contributed by atoms with Crippen LogP contribution in [0.5, 0.6) is 5.75 Å². The zero-order valence-corrected chi connectivity index (χ0v) is 24.9. The van der Waals surface area contributed by atoms with Gasteiger partial charge in [0.1, 0.15) is 29.5 Å². The van der Waals surface area contributed by atoms with Gasteiger partial charge in [0.05, 0.1) is 43.3 Å². The van der Waals surface area contributed by atoms with Crippen LogP contribution in [-0.4, -0.2) is 68.1 Å². The molecule has 1 aliphatic rings. The van der Waals surface area contributed by atoms with Crippen molar-refractivity contribution in [3.63, 3.8) is 0 Å². The number of fused-ring (bicyclic) bond motifs is 1. The largest absolute Gasteiger partial charge is 0.497 e. The summed E-state index contributed by atoms with van der Waals surface area (Å²) in [6.07, 6.45) is 5.19. The minimum Gasteiger partial charge on any atom is -0.497 e. The van der Waals surface area contributed by atoms with Gasteiger partial charge in [-0.25, -0.2) is 18.9 Å². The first kappa shape index (κ1) is 30.4. The average molecular weight is 614 g/mol. The standard InChI is InChI=1S/C29H33ClFN7O5/c1-16(26(40)34-22(13-39)17-7-19(31)10-20(8-17)42-4)37-15-33-38-12-18(9-23(38)27(37)41)25-21(30)11-32-28(36-25)35-24-5-6-43-14-29(24,2)3/h7-12,15-16,22,24,39H,5-6,13-14H2,1-4H3,(H,34,40)(H,32,35,36)/t16-,22-,24-/m1/s1.